The number of carbonyl (C=O) groups is 1. The molecule has 0 saturated heterocycles. The molecule has 2 aromatic heterocycles. The number of aromatic nitrogens is 3. The average Bonchev–Trinajstić information content (AvgIpc) is 2.84. The summed E-state index contributed by atoms with van der Waals surface area (Å²) in [5.74, 6) is 2.30. The van der Waals surface area contributed by atoms with Crippen LogP contribution in [0.5, 0.6) is 17.2 Å². The molecule has 0 aliphatic rings. The van der Waals surface area contributed by atoms with Gasteiger partial charge in [0.25, 0.3) is 5.91 Å². The smallest absolute Gasteiger partial charge is 0.258 e. The van der Waals surface area contributed by atoms with Crippen LogP contribution in [0.1, 0.15) is 24.0 Å². The Kier molecular flexibility index (Phi) is 7.30. The number of fused-ring (bicyclic) bond motifs is 1. The fourth-order valence-electron chi connectivity index (χ4n) is 3.80. The van der Waals surface area contributed by atoms with Crippen molar-refractivity contribution in [3.05, 3.63) is 71.8 Å². The minimum atomic E-state index is -0.842. The number of anilines is 2. The summed E-state index contributed by atoms with van der Waals surface area (Å²) in [5, 5.41) is 10.5. The Labute approximate surface area is 209 Å². The molecule has 1 unspecified atom stereocenters. The molecule has 0 spiro atoms. The van der Waals surface area contributed by atoms with Crippen LogP contribution < -0.4 is 20.1 Å². The molecule has 0 saturated carbocycles. The molecule has 1 amide bonds. The molecule has 9 nitrogen and oxygen atoms in total. The van der Waals surface area contributed by atoms with Crippen molar-refractivity contribution < 1.29 is 19.4 Å². The third-order valence-electron chi connectivity index (χ3n) is 5.64. The number of rotatable bonds is 9. The van der Waals surface area contributed by atoms with Crippen LogP contribution in [0.15, 0.2) is 54.7 Å². The Balaban J connectivity index is 1.78. The van der Waals surface area contributed by atoms with Crippen molar-refractivity contribution in [1.29, 1.82) is 0 Å². The molecule has 0 bridgehead atoms. The lowest BCUT2D eigenvalue weighted by Gasteiger charge is -2.26. The van der Waals surface area contributed by atoms with E-state index >= 15 is 0 Å². The maximum Gasteiger partial charge on any atom is 0.258 e. The van der Waals surface area contributed by atoms with Gasteiger partial charge >= 0.3 is 0 Å². The van der Waals surface area contributed by atoms with Crippen LogP contribution >= 0.6 is 0 Å². The number of aliphatic hydroxyl groups excluding tert-OH is 1. The normalized spacial score (nSPS) is 11.8. The first kappa shape index (κ1) is 24.9. The topological polar surface area (TPSA) is 124 Å². The van der Waals surface area contributed by atoms with Crippen molar-refractivity contribution in [1.82, 2.24) is 15.0 Å². The van der Waals surface area contributed by atoms with Crippen molar-refractivity contribution >= 4 is 28.3 Å². The van der Waals surface area contributed by atoms with Gasteiger partial charge in [0.1, 0.15) is 28.9 Å². The SMILES string of the molecule is Cc1ccc(Oc2ccc(N(CCO)c3nc(C)nc4cccc(OC(C)C(N)=O)c34)cc2C)cn1. The summed E-state index contributed by atoms with van der Waals surface area (Å²) >= 11 is 0. The number of pyridine rings is 1. The minimum Gasteiger partial charge on any atom is -0.480 e. The van der Waals surface area contributed by atoms with Crippen LogP contribution in [-0.2, 0) is 4.79 Å². The maximum atomic E-state index is 11.7. The van der Waals surface area contributed by atoms with Gasteiger partial charge in [-0.25, -0.2) is 9.97 Å². The number of aryl methyl sites for hydroxylation is 3. The monoisotopic (exact) mass is 487 g/mol. The van der Waals surface area contributed by atoms with E-state index in [1.165, 1.54) is 0 Å². The van der Waals surface area contributed by atoms with Gasteiger partial charge in [0.2, 0.25) is 0 Å². The molecule has 2 aromatic carbocycles. The van der Waals surface area contributed by atoms with Gasteiger partial charge in [-0.1, -0.05) is 6.07 Å². The zero-order valence-corrected chi connectivity index (χ0v) is 20.7. The van der Waals surface area contributed by atoms with Crippen molar-refractivity contribution in [3.8, 4) is 17.2 Å². The van der Waals surface area contributed by atoms with E-state index in [0.717, 1.165) is 16.9 Å². The highest BCUT2D eigenvalue weighted by molar-refractivity contribution is 5.97. The molecule has 9 heteroatoms. The van der Waals surface area contributed by atoms with Crippen LogP contribution in [0.25, 0.3) is 10.9 Å². The van der Waals surface area contributed by atoms with Gasteiger partial charge in [0.15, 0.2) is 6.10 Å². The van der Waals surface area contributed by atoms with E-state index in [9.17, 15) is 9.90 Å². The molecule has 4 aromatic rings. The molecular weight excluding hydrogens is 458 g/mol. The Bertz CT molecular complexity index is 1390. The number of benzene rings is 2. The highest BCUT2D eigenvalue weighted by Crippen LogP contribution is 2.38. The highest BCUT2D eigenvalue weighted by Gasteiger charge is 2.21. The lowest BCUT2D eigenvalue weighted by atomic mass is 10.1. The Morgan fingerprint density at radius 1 is 1.08 bits per heavy atom. The van der Waals surface area contributed by atoms with Crippen molar-refractivity contribution in [2.75, 3.05) is 18.1 Å². The number of hydrogen-bond acceptors (Lipinski definition) is 8. The summed E-state index contributed by atoms with van der Waals surface area (Å²) < 4.78 is 11.9. The number of nitrogens with two attached hydrogens (primary N) is 1. The van der Waals surface area contributed by atoms with Crippen LogP contribution in [-0.4, -0.2) is 45.2 Å². The molecular formula is C27H29N5O4. The first-order chi connectivity index (χ1) is 17.3. The van der Waals surface area contributed by atoms with Crippen molar-refractivity contribution in [2.45, 2.75) is 33.8 Å². The fourth-order valence-corrected chi connectivity index (χ4v) is 3.80. The summed E-state index contributed by atoms with van der Waals surface area (Å²) in [6.07, 6.45) is 0.844. The van der Waals surface area contributed by atoms with Crippen LogP contribution in [0.4, 0.5) is 11.5 Å². The van der Waals surface area contributed by atoms with E-state index in [0.29, 0.717) is 39.8 Å². The van der Waals surface area contributed by atoms with Gasteiger partial charge in [-0.2, -0.15) is 0 Å². The Morgan fingerprint density at radius 2 is 1.89 bits per heavy atom. The van der Waals surface area contributed by atoms with E-state index in [2.05, 4.69) is 9.97 Å². The van der Waals surface area contributed by atoms with Gasteiger partial charge in [-0.05, 0) is 75.7 Å². The van der Waals surface area contributed by atoms with Crippen LogP contribution in [0.2, 0.25) is 0 Å². The average molecular weight is 488 g/mol. The lowest BCUT2D eigenvalue weighted by molar-refractivity contribution is -0.123. The van der Waals surface area contributed by atoms with E-state index in [-0.39, 0.29) is 13.2 Å². The van der Waals surface area contributed by atoms with Gasteiger partial charge in [-0.15, -0.1) is 0 Å². The predicted octanol–water partition coefficient (Wildman–Crippen LogP) is 4.13. The lowest BCUT2D eigenvalue weighted by Crippen LogP contribution is -2.31. The maximum absolute atomic E-state index is 11.7. The summed E-state index contributed by atoms with van der Waals surface area (Å²) in [5.41, 5.74) is 8.68. The van der Waals surface area contributed by atoms with Gasteiger partial charge in [0, 0.05) is 17.9 Å². The quantitative estimate of drug-likeness (QED) is 0.361. The number of primary amides is 1. The number of amides is 1. The number of ether oxygens (including phenoxy) is 2. The molecule has 0 aliphatic heterocycles. The first-order valence-electron chi connectivity index (χ1n) is 11.6. The molecule has 0 fully saturated rings. The largest absolute Gasteiger partial charge is 0.480 e. The van der Waals surface area contributed by atoms with Gasteiger partial charge < -0.3 is 25.2 Å². The Morgan fingerprint density at radius 3 is 2.56 bits per heavy atom. The number of nitrogens with zero attached hydrogens (tertiary/aromatic N) is 4. The molecule has 36 heavy (non-hydrogen) atoms. The zero-order valence-electron chi connectivity index (χ0n) is 20.7. The standard InChI is InChI=1S/C27H29N5O4/c1-16-14-20(9-11-23(16)36-21-10-8-17(2)29-15-21)32(12-13-33)27-25-22(30-19(4)31-27)6-5-7-24(25)35-18(3)26(28)34/h5-11,14-15,18,33H,12-13H2,1-4H3,(H2,28,34). The predicted molar refractivity (Wildman–Crippen MR) is 138 cm³/mol. The second-order valence-corrected chi connectivity index (χ2v) is 8.47. The van der Waals surface area contributed by atoms with E-state index in [1.807, 2.05) is 55.1 Å². The molecule has 0 aliphatic carbocycles. The molecule has 2 heterocycles. The third-order valence-corrected chi connectivity index (χ3v) is 5.64. The Hall–Kier alpha value is -4.24. The van der Waals surface area contributed by atoms with Gasteiger partial charge in [0.05, 0.1) is 23.7 Å². The molecule has 3 N–H and O–H groups in total. The number of aliphatic hydroxyl groups is 1. The molecule has 186 valence electrons. The highest BCUT2D eigenvalue weighted by atomic mass is 16.5. The molecule has 0 radical (unpaired) electrons. The second-order valence-electron chi connectivity index (χ2n) is 8.47. The minimum absolute atomic E-state index is 0.114. The van der Waals surface area contributed by atoms with E-state index in [1.54, 1.807) is 32.2 Å². The van der Waals surface area contributed by atoms with Crippen LogP contribution in [0, 0.1) is 20.8 Å². The summed E-state index contributed by atoms with van der Waals surface area (Å²) in [4.78, 5) is 27.1. The summed E-state index contributed by atoms with van der Waals surface area (Å²) in [6, 6.07) is 14.9. The van der Waals surface area contributed by atoms with Crippen molar-refractivity contribution in [2.24, 2.45) is 5.73 Å². The number of hydrogen-bond donors (Lipinski definition) is 2. The van der Waals surface area contributed by atoms with Crippen LogP contribution in [0.3, 0.4) is 0 Å². The van der Waals surface area contributed by atoms with Gasteiger partial charge in [-0.3, -0.25) is 9.78 Å². The van der Waals surface area contributed by atoms with Crippen molar-refractivity contribution in [3.63, 3.8) is 0 Å². The molecule has 1 atom stereocenters. The summed E-state index contributed by atoms with van der Waals surface area (Å²) in [7, 11) is 0. The fraction of sp³-hybridized carbons (Fsp3) is 0.259. The van der Waals surface area contributed by atoms with E-state index in [4.69, 9.17) is 20.2 Å². The van der Waals surface area contributed by atoms with E-state index < -0.39 is 12.0 Å². The summed E-state index contributed by atoms with van der Waals surface area (Å²) in [6.45, 7) is 7.42. The third kappa shape index (κ3) is 5.36. The molecule has 4 rings (SSSR count). The number of carbonyl (C=O) groups excluding carboxylic acids is 1. The first-order valence-corrected chi connectivity index (χ1v) is 11.6. The second kappa shape index (κ2) is 10.6. The zero-order chi connectivity index (χ0) is 25.8.